The molecule has 0 bridgehead atoms. The van der Waals surface area contributed by atoms with Crippen LogP contribution in [-0.2, 0) is 0 Å². The molecule has 0 saturated heterocycles. The molecule has 138 valence electrons. The molecule has 1 heterocycles. The quantitative estimate of drug-likeness (QED) is 0.716. The summed E-state index contributed by atoms with van der Waals surface area (Å²) in [6.07, 6.45) is 2.55. The number of rotatable bonds is 5. The molecule has 3 rings (SSSR count). The number of amides is 1. The van der Waals surface area contributed by atoms with Crippen LogP contribution in [0.15, 0.2) is 54.9 Å². The van der Waals surface area contributed by atoms with E-state index in [2.05, 4.69) is 20.6 Å². The molecule has 0 fully saturated rings. The van der Waals surface area contributed by atoms with Gasteiger partial charge in [-0.3, -0.25) is 4.79 Å². The van der Waals surface area contributed by atoms with Gasteiger partial charge in [0.1, 0.15) is 17.3 Å². The van der Waals surface area contributed by atoms with Crippen LogP contribution in [0.4, 0.5) is 31.8 Å². The van der Waals surface area contributed by atoms with Crippen molar-refractivity contribution in [3.8, 4) is 0 Å². The number of hydrogen-bond donors (Lipinski definition) is 2. The smallest absolute Gasteiger partial charge is 0.258 e. The molecule has 27 heavy (non-hydrogen) atoms. The second-order valence-electron chi connectivity index (χ2n) is 5.91. The van der Waals surface area contributed by atoms with Crippen LogP contribution in [0.3, 0.4) is 0 Å². The zero-order valence-electron chi connectivity index (χ0n) is 14.7. The fourth-order valence-electron chi connectivity index (χ4n) is 2.29. The Morgan fingerprint density at radius 3 is 2.11 bits per heavy atom. The van der Waals surface area contributed by atoms with Gasteiger partial charge in [0.2, 0.25) is 5.95 Å². The van der Waals surface area contributed by atoms with Crippen molar-refractivity contribution in [2.75, 3.05) is 29.6 Å². The Morgan fingerprint density at radius 2 is 1.56 bits per heavy atom. The summed E-state index contributed by atoms with van der Waals surface area (Å²) < 4.78 is 27.3. The molecule has 6 nitrogen and oxygen atoms in total. The van der Waals surface area contributed by atoms with Crippen molar-refractivity contribution in [2.24, 2.45) is 0 Å². The van der Waals surface area contributed by atoms with Gasteiger partial charge in [-0.1, -0.05) is 6.07 Å². The van der Waals surface area contributed by atoms with Crippen molar-refractivity contribution in [2.45, 2.75) is 0 Å². The Hall–Kier alpha value is -3.55. The molecule has 2 aromatic carbocycles. The number of carbonyl (C=O) groups is 1. The molecule has 0 aliphatic rings. The first-order valence-electron chi connectivity index (χ1n) is 8.06. The van der Waals surface area contributed by atoms with Gasteiger partial charge in [0.25, 0.3) is 5.91 Å². The van der Waals surface area contributed by atoms with E-state index in [0.29, 0.717) is 5.69 Å². The average molecular weight is 369 g/mol. The molecule has 0 radical (unpaired) electrons. The first-order chi connectivity index (χ1) is 12.9. The number of halogens is 2. The lowest BCUT2D eigenvalue weighted by atomic mass is 10.2. The minimum Gasteiger partial charge on any atom is -0.378 e. The number of aromatic nitrogens is 2. The molecule has 0 saturated carbocycles. The molecule has 8 heteroatoms. The van der Waals surface area contributed by atoms with Crippen molar-refractivity contribution < 1.29 is 13.6 Å². The number of carbonyl (C=O) groups excluding carboxylic acids is 1. The summed E-state index contributed by atoms with van der Waals surface area (Å²) in [4.78, 5) is 22.1. The topological polar surface area (TPSA) is 70.2 Å². The second-order valence-corrected chi connectivity index (χ2v) is 5.91. The van der Waals surface area contributed by atoms with E-state index < -0.39 is 17.5 Å². The van der Waals surface area contributed by atoms with Crippen LogP contribution in [0.5, 0.6) is 0 Å². The Balaban J connectivity index is 1.68. The highest BCUT2D eigenvalue weighted by Gasteiger charge is 2.12. The third kappa shape index (κ3) is 4.35. The Bertz CT molecular complexity index is 923. The molecular formula is C19H17F2N5O. The first-order valence-corrected chi connectivity index (χ1v) is 8.06. The number of nitrogens with one attached hydrogen (secondary N) is 2. The summed E-state index contributed by atoms with van der Waals surface area (Å²) in [6.45, 7) is 0. The maximum Gasteiger partial charge on any atom is 0.258 e. The van der Waals surface area contributed by atoms with Crippen LogP contribution < -0.4 is 15.5 Å². The monoisotopic (exact) mass is 369 g/mol. The zero-order chi connectivity index (χ0) is 19.4. The predicted octanol–water partition coefficient (Wildman–Crippen LogP) is 3.82. The summed E-state index contributed by atoms with van der Waals surface area (Å²) in [6, 6.07) is 10.8. The van der Waals surface area contributed by atoms with Crippen molar-refractivity contribution in [1.29, 1.82) is 0 Å². The normalized spacial score (nSPS) is 10.4. The van der Waals surface area contributed by atoms with Gasteiger partial charge in [0, 0.05) is 37.9 Å². The fraction of sp³-hybridized carbons (Fsp3) is 0.105. The maximum absolute atomic E-state index is 13.6. The molecule has 0 atom stereocenters. The number of hydrogen-bond acceptors (Lipinski definition) is 5. The number of nitrogens with zero attached hydrogens (tertiary/aromatic N) is 3. The van der Waals surface area contributed by atoms with Crippen LogP contribution in [0, 0.1) is 11.6 Å². The number of para-hydroxylation sites is 1. The lowest BCUT2D eigenvalue weighted by molar-refractivity contribution is 0.102. The van der Waals surface area contributed by atoms with Crippen molar-refractivity contribution in [3.63, 3.8) is 0 Å². The zero-order valence-corrected chi connectivity index (χ0v) is 14.7. The first kappa shape index (κ1) is 18.2. The largest absolute Gasteiger partial charge is 0.378 e. The van der Waals surface area contributed by atoms with Crippen LogP contribution in [-0.4, -0.2) is 30.0 Å². The summed E-state index contributed by atoms with van der Waals surface area (Å²) in [5.74, 6) is -1.94. The maximum atomic E-state index is 13.6. The lowest BCUT2D eigenvalue weighted by Crippen LogP contribution is -2.13. The second kappa shape index (κ2) is 7.77. The van der Waals surface area contributed by atoms with E-state index in [1.54, 1.807) is 12.1 Å². The standard InChI is InChI=1S/C19H17F2N5O/c1-26(2)14-8-6-13(7-9-14)24-18(27)12-10-22-19(23-11-12)25-17-15(20)4-3-5-16(17)21/h3-11H,1-2H3,(H,24,27)(H,22,23,25). The van der Waals surface area contributed by atoms with Crippen LogP contribution in [0.2, 0.25) is 0 Å². The third-order valence-electron chi connectivity index (χ3n) is 3.76. The summed E-state index contributed by atoms with van der Waals surface area (Å²) >= 11 is 0. The highest BCUT2D eigenvalue weighted by atomic mass is 19.1. The molecule has 0 aliphatic heterocycles. The van der Waals surface area contributed by atoms with E-state index in [9.17, 15) is 13.6 Å². The molecule has 0 aliphatic carbocycles. The molecular weight excluding hydrogens is 352 g/mol. The SMILES string of the molecule is CN(C)c1ccc(NC(=O)c2cnc(Nc3c(F)cccc3F)nc2)cc1. The van der Waals surface area contributed by atoms with Gasteiger partial charge in [-0.25, -0.2) is 18.7 Å². The molecule has 1 aromatic heterocycles. The Kier molecular flexibility index (Phi) is 5.25. The number of benzene rings is 2. The van der Waals surface area contributed by atoms with E-state index in [1.807, 2.05) is 31.1 Å². The highest BCUT2D eigenvalue weighted by molar-refractivity contribution is 6.04. The summed E-state index contributed by atoms with van der Waals surface area (Å²) in [7, 11) is 3.85. The van der Waals surface area contributed by atoms with Gasteiger partial charge in [0.05, 0.1) is 5.56 Å². The van der Waals surface area contributed by atoms with E-state index >= 15 is 0 Å². The van der Waals surface area contributed by atoms with Crippen molar-refractivity contribution >= 4 is 28.9 Å². The lowest BCUT2D eigenvalue weighted by Gasteiger charge is -2.13. The third-order valence-corrected chi connectivity index (χ3v) is 3.76. The van der Waals surface area contributed by atoms with Gasteiger partial charge in [-0.15, -0.1) is 0 Å². The molecule has 2 N–H and O–H groups in total. The fourth-order valence-corrected chi connectivity index (χ4v) is 2.29. The predicted molar refractivity (Wildman–Crippen MR) is 100 cm³/mol. The molecule has 0 spiro atoms. The van der Waals surface area contributed by atoms with E-state index in [4.69, 9.17) is 0 Å². The van der Waals surface area contributed by atoms with Gasteiger partial charge in [0.15, 0.2) is 0 Å². The Morgan fingerprint density at radius 1 is 0.963 bits per heavy atom. The van der Waals surface area contributed by atoms with Crippen LogP contribution >= 0.6 is 0 Å². The van der Waals surface area contributed by atoms with Gasteiger partial charge < -0.3 is 15.5 Å². The minimum absolute atomic E-state index is 0.0223. The van der Waals surface area contributed by atoms with Crippen LogP contribution in [0.1, 0.15) is 10.4 Å². The van der Waals surface area contributed by atoms with Gasteiger partial charge in [-0.2, -0.15) is 0 Å². The van der Waals surface area contributed by atoms with Gasteiger partial charge in [-0.05, 0) is 36.4 Å². The average Bonchev–Trinajstić information content (AvgIpc) is 2.66. The van der Waals surface area contributed by atoms with E-state index in [0.717, 1.165) is 17.8 Å². The van der Waals surface area contributed by atoms with E-state index in [-0.39, 0.29) is 17.2 Å². The van der Waals surface area contributed by atoms with Crippen molar-refractivity contribution in [3.05, 3.63) is 72.1 Å². The summed E-state index contributed by atoms with van der Waals surface area (Å²) in [5, 5.41) is 5.20. The van der Waals surface area contributed by atoms with E-state index in [1.165, 1.54) is 18.5 Å². The van der Waals surface area contributed by atoms with Crippen molar-refractivity contribution in [1.82, 2.24) is 9.97 Å². The number of anilines is 4. The molecule has 1 amide bonds. The summed E-state index contributed by atoms with van der Waals surface area (Å²) in [5.41, 5.74) is 1.50. The molecule has 0 unspecified atom stereocenters. The minimum atomic E-state index is -0.762. The Labute approximate surface area is 154 Å². The van der Waals surface area contributed by atoms with Gasteiger partial charge >= 0.3 is 0 Å². The molecule has 3 aromatic rings. The highest BCUT2D eigenvalue weighted by Crippen LogP contribution is 2.21. The van der Waals surface area contributed by atoms with Crippen LogP contribution in [0.25, 0.3) is 0 Å².